The largest absolute Gasteiger partial charge is 0.417 e. The lowest BCUT2D eigenvalue weighted by Crippen LogP contribution is -2.13. The summed E-state index contributed by atoms with van der Waals surface area (Å²) in [6.07, 6.45) is 1.26. The molecule has 0 saturated carbocycles. The van der Waals surface area contributed by atoms with Crippen LogP contribution in [0.4, 0.5) is 10.1 Å². The molecule has 108 valence electrons. The smallest absolute Gasteiger partial charge is 0.322 e. The average molecular weight is 356 g/mol. The highest BCUT2D eigenvalue weighted by atomic mass is 79.9. The molecule has 8 nitrogen and oxygen atoms in total. The van der Waals surface area contributed by atoms with Crippen molar-refractivity contribution in [3.8, 4) is 11.8 Å². The highest BCUT2D eigenvalue weighted by Crippen LogP contribution is 2.34. The van der Waals surface area contributed by atoms with Gasteiger partial charge in [0.25, 0.3) is 0 Å². The Bertz CT molecular complexity index is 740. The minimum Gasteiger partial charge on any atom is -0.417 e. The summed E-state index contributed by atoms with van der Waals surface area (Å²) >= 11 is 2.85. The number of nitrogens with two attached hydrogens (primary N) is 1. The zero-order valence-electron chi connectivity index (χ0n) is 10.2. The van der Waals surface area contributed by atoms with E-state index in [4.69, 9.17) is 15.9 Å². The number of ether oxygens (including phenoxy) is 1. The lowest BCUT2D eigenvalue weighted by molar-refractivity contribution is -0.385. The van der Waals surface area contributed by atoms with E-state index in [1.807, 2.05) is 0 Å². The molecule has 1 aromatic carbocycles. The van der Waals surface area contributed by atoms with Crippen LogP contribution in [0.5, 0.6) is 11.8 Å². The molecule has 0 aliphatic heterocycles. The summed E-state index contributed by atoms with van der Waals surface area (Å²) in [6, 6.07) is 2.89. The number of nitrogens with one attached hydrogen (secondary N) is 1. The van der Waals surface area contributed by atoms with Gasteiger partial charge in [-0.05, 0) is 22.0 Å². The van der Waals surface area contributed by atoms with Gasteiger partial charge in [-0.2, -0.15) is 4.98 Å². The molecule has 0 unspecified atom stereocenters. The van der Waals surface area contributed by atoms with Crippen molar-refractivity contribution in [3.63, 3.8) is 0 Å². The topological polar surface area (TPSA) is 128 Å². The second-order valence-corrected chi connectivity index (χ2v) is 4.59. The molecular formula is C11H7BrFN5O3. The number of amidine groups is 1. The van der Waals surface area contributed by atoms with Crippen molar-refractivity contribution in [2.75, 3.05) is 0 Å². The summed E-state index contributed by atoms with van der Waals surface area (Å²) in [7, 11) is 0. The maximum atomic E-state index is 13.5. The van der Waals surface area contributed by atoms with E-state index in [1.54, 1.807) is 0 Å². The molecule has 0 aliphatic rings. The molecule has 2 rings (SSSR count). The van der Waals surface area contributed by atoms with Crippen LogP contribution in [0.25, 0.3) is 0 Å². The lowest BCUT2D eigenvalue weighted by Gasteiger charge is -2.06. The third-order valence-corrected chi connectivity index (χ3v) is 2.92. The van der Waals surface area contributed by atoms with Crippen LogP contribution in [0.15, 0.2) is 28.9 Å². The van der Waals surface area contributed by atoms with Crippen molar-refractivity contribution in [2.24, 2.45) is 5.73 Å². The molecule has 1 aromatic heterocycles. The van der Waals surface area contributed by atoms with E-state index in [9.17, 15) is 14.5 Å². The molecule has 0 bridgehead atoms. The molecule has 0 atom stereocenters. The predicted molar refractivity (Wildman–Crippen MR) is 73.9 cm³/mol. The Labute approximate surface area is 125 Å². The van der Waals surface area contributed by atoms with Gasteiger partial charge < -0.3 is 10.5 Å². The van der Waals surface area contributed by atoms with Gasteiger partial charge in [-0.1, -0.05) is 0 Å². The fourth-order valence-corrected chi connectivity index (χ4v) is 1.71. The monoisotopic (exact) mass is 355 g/mol. The summed E-state index contributed by atoms with van der Waals surface area (Å²) in [5, 5.41) is 18.2. The zero-order chi connectivity index (χ0) is 15.6. The number of hydrogen-bond donors (Lipinski definition) is 2. The van der Waals surface area contributed by atoms with Gasteiger partial charge in [-0.15, -0.1) is 0 Å². The number of nitro groups is 1. The first kappa shape index (κ1) is 14.8. The Morgan fingerprint density at radius 3 is 2.86 bits per heavy atom. The van der Waals surface area contributed by atoms with Gasteiger partial charge in [-0.3, -0.25) is 15.5 Å². The maximum absolute atomic E-state index is 13.5. The molecule has 0 amide bonds. The molecule has 1 heterocycles. The summed E-state index contributed by atoms with van der Waals surface area (Å²) in [5.41, 5.74) is 4.89. The van der Waals surface area contributed by atoms with E-state index in [2.05, 4.69) is 25.9 Å². The van der Waals surface area contributed by atoms with Gasteiger partial charge in [0.05, 0.1) is 9.40 Å². The number of hydrogen-bond acceptors (Lipinski definition) is 6. The molecule has 0 fully saturated rings. The van der Waals surface area contributed by atoms with Crippen LogP contribution in [-0.4, -0.2) is 20.7 Å². The molecule has 0 spiro atoms. The zero-order valence-corrected chi connectivity index (χ0v) is 11.8. The average Bonchev–Trinajstić information content (AvgIpc) is 2.42. The molecule has 0 aliphatic carbocycles. The first-order chi connectivity index (χ1) is 9.88. The second kappa shape index (κ2) is 5.79. The van der Waals surface area contributed by atoms with E-state index in [0.29, 0.717) is 0 Å². The molecule has 0 radical (unpaired) electrons. The standard InChI is InChI=1S/C11H7BrFN5O3/c12-5-3-8(18(19)20)9(4-6(5)13)21-11-16-2-1-7(17-11)10(14)15/h1-4H,(H3,14,15). The summed E-state index contributed by atoms with van der Waals surface area (Å²) in [5.74, 6) is -1.42. The van der Waals surface area contributed by atoms with Crippen LogP contribution < -0.4 is 10.5 Å². The number of halogens is 2. The number of nitrogens with zero attached hydrogens (tertiary/aromatic N) is 3. The Morgan fingerprint density at radius 1 is 1.52 bits per heavy atom. The highest BCUT2D eigenvalue weighted by Gasteiger charge is 2.20. The third kappa shape index (κ3) is 3.28. The summed E-state index contributed by atoms with van der Waals surface area (Å²) < 4.78 is 18.5. The van der Waals surface area contributed by atoms with Crippen LogP contribution in [-0.2, 0) is 0 Å². The van der Waals surface area contributed by atoms with Crippen molar-refractivity contribution >= 4 is 27.5 Å². The van der Waals surface area contributed by atoms with Crippen LogP contribution in [0.1, 0.15) is 5.69 Å². The van der Waals surface area contributed by atoms with E-state index in [1.165, 1.54) is 12.3 Å². The Morgan fingerprint density at radius 2 is 2.24 bits per heavy atom. The number of benzene rings is 1. The van der Waals surface area contributed by atoms with E-state index in [-0.39, 0.29) is 27.8 Å². The van der Waals surface area contributed by atoms with Crippen LogP contribution in [0.3, 0.4) is 0 Å². The van der Waals surface area contributed by atoms with Crippen LogP contribution >= 0.6 is 15.9 Å². The molecular weight excluding hydrogens is 349 g/mol. The van der Waals surface area contributed by atoms with Gasteiger partial charge in [-0.25, -0.2) is 9.37 Å². The molecule has 21 heavy (non-hydrogen) atoms. The minimum atomic E-state index is -0.738. The summed E-state index contributed by atoms with van der Waals surface area (Å²) in [6.45, 7) is 0. The number of aromatic nitrogens is 2. The van der Waals surface area contributed by atoms with Crippen molar-refractivity contribution in [3.05, 3.63) is 50.5 Å². The van der Waals surface area contributed by atoms with E-state index in [0.717, 1.165) is 12.1 Å². The molecule has 10 heteroatoms. The number of nitro benzene ring substituents is 1. The van der Waals surface area contributed by atoms with Gasteiger partial charge >= 0.3 is 11.7 Å². The van der Waals surface area contributed by atoms with Gasteiger partial charge in [0.1, 0.15) is 17.3 Å². The van der Waals surface area contributed by atoms with E-state index < -0.39 is 16.4 Å². The Hall–Kier alpha value is -2.62. The van der Waals surface area contributed by atoms with Gasteiger partial charge in [0, 0.05) is 18.3 Å². The maximum Gasteiger partial charge on any atom is 0.322 e. The van der Waals surface area contributed by atoms with Crippen molar-refractivity contribution < 1.29 is 14.1 Å². The van der Waals surface area contributed by atoms with Crippen molar-refractivity contribution in [2.45, 2.75) is 0 Å². The Balaban J connectivity index is 2.43. The molecule has 0 saturated heterocycles. The number of nitrogen functional groups attached to an aromatic ring is 1. The molecule has 3 N–H and O–H groups in total. The SMILES string of the molecule is N=C(N)c1ccnc(Oc2cc(F)c(Br)cc2[N+](=O)[O-])n1. The van der Waals surface area contributed by atoms with E-state index >= 15 is 0 Å². The Kier molecular flexibility index (Phi) is 4.08. The van der Waals surface area contributed by atoms with Crippen LogP contribution in [0.2, 0.25) is 0 Å². The van der Waals surface area contributed by atoms with Gasteiger partial charge in [0.15, 0.2) is 0 Å². The fourth-order valence-electron chi connectivity index (χ4n) is 1.38. The lowest BCUT2D eigenvalue weighted by atomic mass is 10.3. The highest BCUT2D eigenvalue weighted by molar-refractivity contribution is 9.10. The molecule has 2 aromatic rings. The fraction of sp³-hybridized carbons (Fsp3) is 0. The van der Waals surface area contributed by atoms with Crippen LogP contribution in [0, 0.1) is 21.3 Å². The first-order valence-electron chi connectivity index (χ1n) is 5.37. The van der Waals surface area contributed by atoms with Crippen molar-refractivity contribution in [1.29, 1.82) is 5.41 Å². The minimum absolute atomic E-state index is 0.0695. The predicted octanol–water partition coefficient (Wildman–Crippen LogP) is 2.36. The second-order valence-electron chi connectivity index (χ2n) is 3.73. The normalized spacial score (nSPS) is 10.2. The first-order valence-corrected chi connectivity index (χ1v) is 6.16. The summed E-state index contributed by atoms with van der Waals surface area (Å²) in [4.78, 5) is 17.7. The van der Waals surface area contributed by atoms with Crippen molar-refractivity contribution in [1.82, 2.24) is 9.97 Å². The number of rotatable bonds is 4. The van der Waals surface area contributed by atoms with Gasteiger partial charge in [0.2, 0.25) is 5.75 Å². The quantitative estimate of drug-likeness (QED) is 0.375. The third-order valence-electron chi connectivity index (χ3n) is 2.31.